The Kier molecular flexibility index (Phi) is 5.81. The van der Waals surface area contributed by atoms with E-state index in [0.29, 0.717) is 0 Å². The predicted molar refractivity (Wildman–Crippen MR) is 70.4 cm³/mol. The number of benzene rings is 1. The summed E-state index contributed by atoms with van der Waals surface area (Å²) in [5.74, 6) is 2.15. The molecule has 2 heteroatoms. The van der Waals surface area contributed by atoms with Crippen molar-refractivity contribution in [2.75, 3.05) is 12.3 Å². The average Bonchev–Trinajstić information content (AvgIpc) is 2.29. The molecule has 0 fully saturated rings. The molecule has 0 atom stereocenters. The number of nitrogens with two attached hydrogens (primary N) is 1. The van der Waals surface area contributed by atoms with Crippen LogP contribution in [-0.2, 0) is 18.6 Å². The van der Waals surface area contributed by atoms with Crippen molar-refractivity contribution in [3.05, 3.63) is 34.9 Å². The van der Waals surface area contributed by atoms with Crippen molar-refractivity contribution < 1.29 is 0 Å². The quantitative estimate of drug-likeness (QED) is 0.750. The third-order valence-corrected chi connectivity index (χ3v) is 3.52. The molecule has 0 bridgehead atoms. The van der Waals surface area contributed by atoms with Crippen LogP contribution >= 0.6 is 11.8 Å². The predicted octanol–water partition coefficient (Wildman–Crippen LogP) is 3.00. The Morgan fingerprint density at radius 3 is 2.00 bits per heavy atom. The maximum absolute atomic E-state index is 5.48. The van der Waals surface area contributed by atoms with Crippen LogP contribution in [0.5, 0.6) is 0 Å². The molecule has 0 spiro atoms. The van der Waals surface area contributed by atoms with Crippen molar-refractivity contribution in [1.29, 1.82) is 0 Å². The highest BCUT2D eigenvalue weighted by molar-refractivity contribution is 7.98. The molecule has 84 valence electrons. The lowest BCUT2D eigenvalue weighted by Gasteiger charge is -2.07. The molecule has 1 rings (SSSR count). The van der Waals surface area contributed by atoms with Crippen LogP contribution < -0.4 is 5.73 Å². The molecule has 0 saturated carbocycles. The van der Waals surface area contributed by atoms with Crippen molar-refractivity contribution >= 4 is 11.8 Å². The monoisotopic (exact) mass is 223 g/mol. The summed E-state index contributed by atoms with van der Waals surface area (Å²) >= 11 is 1.92. The van der Waals surface area contributed by atoms with E-state index in [0.717, 1.165) is 30.9 Å². The number of rotatable bonds is 6. The molecule has 1 aromatic carbocycles. The Labute approximate surface area is 97.4 Å². The van der Waals surface area contributed by atoms with Gasteiger partial charge in [-0.1, -0.05) is 32.0 Å². The van der Waals surface area contributed by atoms with Crippen molar-refractivity contribution in [2.45, 2.75) is 32.4 Å². The lowest BCUT2D eigenvalue weighted by Crippen LogP contribution is -2.01. The second kappa shape index (κ2) is 6.91. The zero-order chi connectivity index (χ0) is 11.1. The summed E-state index contributed by atoms with van der Waals surface area (Å²) in [4.78, 5) is 0. The topological polar surface area (TPSA) is 26.0 Å². The Balaban J connectivity index is 2.68. The maximum Gasteiger partial charge on any atom is 0.0185 e. The van der Waals surface area contributed by atoms with Gasteiger partial charge in [0.2, 0.25) is 0 Å². The van der Waals surface area contributed by atoms with Gasteiger partial charge in [-0.2, -0.15) is 11.8 Å². The molecule has 0 aliphatic heterocycles. The van der Waals surface area contributed by atoms with Gasteiger partial charge in [-0.05, 0) is 29.5 Å². The second-order valence-corrected chi connectivity index (χ2v) is 4.81. The van der Waals surface area contributed by atoms with Crippen molar-refractivity contribution in [3.63, 3.8) is 0 Å². The Morgan fingerprint density at radius 1 is 1.00 bits per heavy atom. The van der Waals surface area contributed by atoms with E-state index in [1.807, 2.05) is 11.8 Å². The van der Waals surface area contributed by atoms with Crippen LogP contribution in [0.2, 0.25) is 0 Å². The third-order valence-electron chi connectivity index (χ3n) is 2.46. The first-order valence-corrected chi connectivity index (χ1v) is 6.85. The number of thioether (sulfide) groups is 1. The standard InChI is InChI=1S/C13H21NS/c1-3-11-7-12(4-2)9-13(8-11)10-15-6-5-14/h7-9H,3-6,10,14H2,1-2H3. The van der Waals surface area contributed by atoms with Crippen LogP contribution in [0.15, 0.2) is 18.2 Å². The average molecular weight is 223 g/mol. The fourth-order valence-corrected chi connectivity index (χ4v) is 2.32. The van der Waals surface area contributed by atoms with E-state index in [1.54, 1.807) is 0 Å². The smallest absolute Gasteiger partial charge is 0.0185 e. The molecular formula is C13H21NS. The van der Waals surface area contributed by atoms with E-state index in [9.17, 15) is 0 Å². The van der Waals surface area contributed by atoms with Crippen LogP contribution in [0, 0.1) is 0 Å². The molecule has 15 heavy (non-hydrogen) atoms. The molecule has 0 saturated heterocycles. The van der Waals surface area contributed by atoms with Gasteiger partial charge in [-0.3, -0.25) is 0 Å². The molecule has 0 amide bonds. The summed E-state index contributed by atoms with van der Waals surface area (Å²) in [5, 5.41) is 0. The minimum Gasteiger partial charge on any atom is -0.330 e. The van der Waals surface area contributed by atoms with Crippen LogP contribution in [-0.4, -0.2) is 12.3 Å². The van der Waals surface area contributed by atoms with Gasteiger partial charge in [0, 0.05) is 18.1 Å². The molecule has 0 heterocycles. The van der Waals surface area contributed by atoms with Gasteiger partial charge >= 0.3 is 0 Å². The molecule has 1 aromatic rings. The highest BCUT2D eigenvalue weighted by Gasteiger charge is 1.99. The molecule has 0 unspecified atom stereocenters. The molecule has 2 N–H and O–H groups in total. The van der Waals surface area contributed by atoms with Gasteiger partial charge in [0.1, 0.15) is 0 Å². The lowest BCUT2D eigenvalue weighted by molar-refractivity contribution is 1.07. The van der Waals surface area contributed by atoms with Gasteiger partial charge in [0.15, 0.2) is 0 Å². The van der Waals surface area contributed by atoms with E-state index >= 15 is 0 Å². The summed E-state index contributed by atoms with van der Waals surface area (Å²) in [6, 6.07) is 6.96. The summed E-state index contributed by atoms with van der Waals surface area (Å²) in [7, 11) is 0. The third kappa shape index (κ3) is 4.27. The zero-order valence-electron chi connectivity index (χ0n) is 9.75. The van der Waals surface area contributed by atoms with Gasteiger partial charge < -0.3 is 5.73 Å². The SMILES string of the molecule is CCc1cc(CC)cc(CSCCN)c1. The van der Waals surface area contributed by atoms with Crippen LogP contribution in [0.1, 0.15) is 30.5 Å². The minimum atomic E-state index is 0.777. The van der Waals surface area contributed by atoms with Crippen LogP contribution in [0.3, 0.4) is 0 Å². The van der Waals surface area contributed by atoms with E-state index in [4.69, 9.17) is 5.73 Å². The fourth-order valence-electron chi connectivity index (χ4n) is 1.60. The summed E-state index contributed by atoms with van der Waals surface area (Å²) in [6.45, 7) is 5.20. The Morgan fingerprint density at radius 2 is 1.53 bits per heavy atom. The molecule has 0 radical (unpaired) electrons. The molecule has 0 aliphatic rings. The maximum atomic E-state index is 5.48. The normalized spacial score (nSPS) is 10.6. The van der Waals surface area contributed by atoms with Crippen molar-refractivity contribution in [3.8, 4) is 0 Å². The Hall–Kier alpha value is -0.470. The summed E-state index contributed by atoms with van der Waals surface area (Å²) < 4.78 is 0. The fraction of sp³-hybridized carbons (Fsp3) is 0.538. The second-order valence-electron chi connectivity index (χ2n) is 3.71. The van der Waals surface area contributed by atoms with E-state index < -0.39 is 0 Å². The van der Waals surface area contributed by atoms with Gasteiger partial charge in [-0.15, -0.1) is 0 Å². The van der Waals surface area contributed by atoms with E-state index in [2.05, 4.69) is 32.0 Å². The highest BCUT2D eigenvalue weighted by atomic mass is 32.2. The van der Waals surface area contributed by atoms with Gasteiger partial charge in [0.25, 0.3) is 0 Å². The highest BCUT2D eigenvalue weighted by Crippen LogP contribution is 2.17. The first kappa shape index (κ1) is 12.6. The van der Waals surface area contributed by atoms with Crippen LogP contribution in [0.25, 0.3) is 0 Å². The van der Waals surface area contributed by atoms with Crippen LogP contribution in [0.4, 0.5) is 0 Å². The number of aryl methyl sites for hydroxylation is 2. The minimum absolute atomic E-state index is 0.777. The molecule has 0 aromatic heterocycles. The van der Waals surface area contributed by atoms with Gasteiger partial charge in [-0.25, -0.2) is 0 Å². The Bertz CT molecular complexity index is 274. The van der Waals surface area contributed by atoms with E-state index in [1.165, 1.54) is 16.7 Å². The first-order valence-electron chi connectivity index (χ1n) is 5.69. The number of hydrogen-bond acceptors (Lipinski definition) is 2. The molecule has 0 aliphatic carbocycles. The van der Waals surface area contributed by atoms with Crippen molar-refractivity contribution in [1.82, 2.24) is 0 Å². The molecular weight excluding hydrogens is 202 g/mol. The molecule has 1 nitrogen and oxygen atoms in total. The summed E-state index contributed by atoms with van der Waals surface area (Å²) in [5.41, 5.74) is 9.85. The zero-order valence-corrected chi connectivity index (χ0v) is 10.6. The summed E-state index contributed by atoms with van der Waals surface area (Å²) in [6.07, 6.45) is 2.25. The largest absolute Gasteiger partial charge is 0.330 e. The van der Waals surface area contributed by atoms with E-state index in [-0.39, 0.29) is 0 Å². The van der Waals surface area contributed by atoms with Gasteiger partial charge in [0.05, 0.1) is 0 Å². The lowest BCUT2D eigenvalue weighted by atomic mass is 10.0. The number of hydrogen-bond donors (Lipinski definition) is 1. The van der Waals surface area contributed by atoms with Crippen molar-refractivity contribution in [2.24, 2.45) is 5.73 Å². The first-order chi connectivity index (χ1) is 7.30.